The van der Waals surface area contributed by atoms with E-state index in [-0.39, 0.29) is 36.5 Å². The predicted molar refractivity (Wildman–Crippen MR) is 121 cm³/mol. The van der Waals surface area contributed by atoms with Crippen LogP contribution in [0.2, 0.25) is 0 Å². The van der Waals surface area contributed by atoms with Crippen LogP contribution in [-0.4, -0.2) is 77.7 Å². The molecule has 8 nitrogen and oxygen atoms in total. The van der Waals surface area contributed by atoms with Gasteiger partial charge in [-0.2, -0.15) is 0 Å². The van der Waals surface area contributed by atoms with Crippen LogP contribution in [0.5, 0.6) is 0 Å². The molecule has 32 heavy (non-hydrogen) atoms. The average Bonchev–Trinajstić information content (AvgIpc) is 3.20. The van der Waals surface area contributed by atoms with Gasteiger partial charge in [0.15, 0.2) is 4.34 Å². The first kappa shape index (κ1) is 24.1. The lowest BCUT2D eigenvalue weighted by Crippen LogP contribution is -2.50. The molecule has 2 aromatic rings. The molecule has 1 aliphatic heterocycles. The van der Waals surface area contributed by atoms with Crippen LogP contribution in [0.25, 0.3) is 0 Å². The Morgan fingerprint density at radius 3 is 2.75 bits per heavy atom. The molecule has 3 rings (SSSR count). The van der Waals surface area contributed by atoms with Gasteiger partial charge in [0.1, 0.15) is 5.82 Å². The summed E-state index contributed by atoms with van der Waals surface area (Å²) < 4.78 is 18.9. The molecular formula is C21H25FN4O4S2. The van der Waals surface area contributed by atoms with Gasteiger partial charge in [-0.25, -0.2) is 9.37 Å². The number of hydrogen-bond donors (Lipinski definition) is 1. The quantitative estimate of drug-likeness (QED) is 0.435. The van der Waals surface area contributed by atoms with Gasteiger partial charge in [-0.15, -0.1) is 11.3 Å². The zero-order chi connectivity index (χ0) is 22.9. The maximum Gasteiger partial charge on any atom is 0.311 e. The molecule has 1 aromatic heterocycles. The zero-order valence-corrected chi connectivity index (χ0v) is 19.3. The van der Waals surface area contributed by atoms with Crippen molar-refractivity contribution in [3.63, 3.8) is 0 Å². The van der Waals surface area contributed by atoms with Crippen molar-refractivity contribution in [1.29, 1.82) is 0 Å². The van der Waals surface area contributed by atoms with Crippen molar-refractivity contribution >= 4 is 46.6 Å². The Kier molecular flexibility index (Phi) is 9.00. The Morgan fingerprint density at radius 2 is 2.03 bits per heavy atom. The minimum absolute atomic E-state index is 0.0148. The third-order valence-electron chi connectivity index (χ3n) is 4.68. The van der Waals surface area contributed by atoms with Crippen LogP contribution < -0.4 is 5.32 Å². The van der Waals surface area contributed by atoms with Crippen LogP contribution in [0.15, 0.2) is 34.0 Å². The highest BCUT2D eigenvalue weighted by Gasteiger charge is 2.23. The first-order valence-electron chi connectivity index (χ1n) is 10.2. The van der Waals surface area contributed by atoms with Gasteiger partial charge in [0.25, 0.3) is 0 Å². The van der Waals surface area contributed by atoms with Crippen LogP contribution in [0.4, 0.5) is 10.1 Å². The number of hydrogen-bond acceptors (Lipinski definition) is 8. The largest absolute Gasteiger partial charge is 0.466 e. The van der Waals surface area contributed by atoms with E-state index >= 15 is 0 Å². The highest BCUT2D eigenvalue weighted by molar-refractivity contribution is 8.01. The van der Waals surface area contributed by atoms with Gasteiger partial charge < -0.3 is 15.0 Å². The number of carbonyl (C=O) groups is 3. The molecule has 2 amide bonds. The number of anilines is 1. The molecule has 1 N–H and O–H groups in total. The van der Waals surface area contributed by atoms with E-state index in [1.807, 2.05) is 4.90 Å². The fraction of sp³-hybridized carbons (Fsp3) is 0.429. The van der Waals surface area contributed by atoms with Crippen LogP contribution in [0.3, 0.4) is 0 Å². The zero-order valence-electron chi connectivity index (χ0n) is 17.7. The standard InChI is InChI=1S/C21H25FN4O4S2/c1-2-30-20(29)11-17-13-31-21(24-17)32-14-19(28)26-8-6-25(7-9-26)12-18(27)23-16-5-3-4-15(22)10-16/h3-5,10,13H,2,6-9,11-12,14H2,1H3,(H,23,27). The Balaban J connectivity index is 1.36. The van der Waals surface area contributed by atoms with Crippen molar-refractivity contribution in [3.8, 4) is 0 Å². The van der Waals surface area contributed by atoms with Crippen molar-refractivity contribution in [2.45, 2.75) is 17.7 Å². The second kappa shape index (κ2) is 11.9. The van der Waals surface area contributed by atoms with E-state index in [4.69, 9.17) is 4.74 Å². The topological polar surface area (TPSA) is 91.8 Å². The van der Waals surface area contributed by atoms with Crippen LogP contribution in [-0.2, 0) is 25.5 Å². The number of esters is 1. The lowest BCUT2D eigenvalue weighted by atomic mass is 10.3. The van der Waals surface area contributed by atoms with Crippen molar-refractivity contribution < 1.29 is 23.5 Å². The minimum atomic E-state index is -0.402. The van der Waals surface area contributed by atoms with Gasteiger partial charge in [0.2, 0.25) is 11.8 Å². The predicted octanol–water partition coefficient (Wildman–Crippen LogP) is 2.26. The molecule has 1 fully saturated rings. The fourth-order valence-electron chi connectivity index (χ4n) is 3.14. The molecule has 0 unspecified atom stereocenters. The maximum atomic E-state index is 13.2. The summed E-state index contributed by atoms with van der Waals surface area (Å²) in [6.45, 7) is 4.55. The van der Waals surface area contributed by atoms with Crippen LogP contribution >= 0.6 is 23.1 Å². The van der Waals surface area contributed by atoms with Gasteiger partial charge in [-0.05, 0) is 25.1 Å². The number of aromatic nitrogens is 1. The normalized spacial score (nSPS) is 14.2. The molecule has 0 spiro atoms. The number of amides is 2. The fourth-order valence-corrected chi connectivity index (χ4v) is 4.88. The van der Waals surface area contributed by atoms with Gasteiger partial charge in [0.05, 0.1) is 31.0 Å². The van der Waals surface area contributed by atoms with Crippen molar-refractivity contribution in [2.24, 2.45) is 0 Å². The summed E-state index contributed by atoms with van der Waals surface area (Å²) in [7, 11) is 0. The third-order valence-corrected chi connectivity index (χ3v) is 6.74. The lowest BCUT2D eigenvalue weighted by molar-refractivity contribution is -0.142. The average molecular weight is 481 g/mol. The summed E-state index contributed by atoms with van der Waals surface area (Å²) in [6.07, 6.45) is 0.133. The summed E-state index contributed by atoms with van der Waals surface area (Å²) in [5.41, 5.74) is 1.07. The number of piperazine rings is 1. The van der Waals surface area contributed by atoms with E-state index in [0.29, 0.717) is 44.2 Å². The molecule has 1 saturated heterocycles. The SMILES string of the molecule is CCOC(=O)Cc1csc(SCC(=O)N2CCN(CC(=O)Nc3cccc(F)c3)CC2)n1. The van der Waals surface area contributed by atoms with Gasteiger partial charge in [-0.3, -0.25) is 19.3 Å². The molecule has 11 heteroatoms. The number of rotatable bonds is 9. The number of ether oxygens (including phenoxy) is 1. The third kappa shape index (κ3) is 7.57. The van der Waals surface area contributed by atoms with E-state index in [1.54, 1.807) is 29.3 Å². The Bertz CT molecular complexity index is 947. The molecule has 0 saturated carbocycles. The summed E-state index contributed by atoms with van der Waals surface area (Å²) in [6, 6.07) is 5.77. The molecule has 0 aliphatic carbocycles. The van der Waals surface area contributed by atoms with Crippen LogP contribution in [0.1, 0.15) is 12.6 Å². The summed E-state index contributed by atoms with van der Waals surface area (Å²) in [5, 5.41) is 4.49. The molecule has 2 heterocycles. The molecule has 1 aliphatic rings. The smallest absolute Gasteiger partial charge is 0.311 e. The summed E-state index contributed by atoms with van der Waals surface area (Å²) in [5.74, 6) is -0.644. The Hall–Kier alpha value is -2.50. The number of benzene rings is 1. The molecule has 0 radical (unpaired) electrons. The van der Waals surface area contributed by atoms with Crippen molar-refractivity contribution in [1.82, 2.24) is 14.8 Å². The van der Waals surface area contributed by atoms with E-state index in [9.17, 15) is 18.8 Å². The number of carbonyl (C=O) groups excluding carboxylic acids is 3. The Labute approximate surface area is 194 Å². The molecule has 172 valence electrons. The van der Waals surface area contributed by atoms with Crippen molar-refractivity contribution in [3.05, 3.63) is 41.2 Å². The second-order valence-corrected chi connectivity index (χ2v) is 9.17. The first-order chi connectivity index (χ1) is 15.4. The summed E-state index contributed by atoms with van der Waals surface area (Å²) >= 11 is 2.76. The van der Waals surface area contributed by atoms with Gasteiger partial charge >= 0.3 is 5.97 Å². The van der Waals surface area contributed by atoms with Gasteiger partial charge in [0, 0.05) is 37.2 Å². The van der Waals surface area contributed by atoms with E-state index < -0.39 is 5.82 Å². The first-order valence-corrected chi connectivity index (χ1v) is 12.1. The van der Waals surface area contributed by atoms with E-state index in [0.717, 1.165) is 4.34 Å². The van der Waals surface area contributed by atoms with Crippen molar-refractivity contribution in [2.75, 3.05) is 50.4 Å². The number of thioether (sulfide) groups is 1. The molecule has 0 atom stereocenters. The highest BCUT2D eigenvalue weighted by atomic mass is 32.2. The van der Waals surface area contributed by atoms with Gasteiger partial charge in [-0.1, -0.05) is 17.8 Å². The molecule has 1 aromatic carbocycles. The second-order valence-electron chi connectivity index (χ2n) is 7.09. The van der Waals surface area contributed by atoms with E-state index in [1.165, 1.54) is 35.2 Å². The maximum absolute atomic E-state index is 13.2. The minimum Gasteiger partial charge on any atom is -0.466 e. The molecular weight excluding hydrogens is 455 g/mol. The molecule has 0 bridgehead atoms. The number of nitrogens with zero attached hydrogens (tertiary/aromatic N) is 3. The number of thiazole rings is 1. The number of nitrogens with one attached hydrogen (secondary N) is 1. The highest BCUT2D eigenvalue weighted by Crippen LogP contribution is 2.23. The summed E-state index contributed by atoms with van der Waals surface area (Å²) in [4.78, 5) is 44.3. The van der Waals surface area contributed by atoms with E-state index in [2.05, 4.69) is 10.3 Å². The Morgan fingerprint density at radius 1 is 1.25 bits per heavy atom. The lowest BCUT2D eigenvalue weighted by Gasteiger charge is -2.34. The number of halogens is 1. The van der Waals surface area contributed by atoms with Crippen LogP contribution in [0, 0.1) is 5.82 Å². The monoisotopic (exact) mass is 480 g/mol.